The number of hydrogen-bond donors (Lipinski definition) is 2. The summed E-state index contributed by atoms with van der Waals surface area (Å²) >= 11 is 1.66. The van der Waals surface area contributed by atoms with Crippen molar-refractivity contribution >= 4 is 47.3 Å². The first-order chi connectivity index (χ1) is 4.72. The molecule has 1 unspecified atom stereocenters. The summed E-state index contributed by atoms with van der Waals surface area (Å²) in [6.07, 6.45) is 2.65. The SMILES string of the molecule is CNC(CCSC)C(=O)O.[NaH]. The Morgan fingerprint density at radius 3 is 2.55 bits per heavy atom. The Morgan fingerprint density at radius 2 is 2.27 bits per heavy atom. The van der Waals surface area contributed by atoms with E-state index < -0.39 is 5.97 Å². The molecule has 0 heterocycles. The Labute approximate surface area is 93.6 Å². The zero-order valence-electron chi connectivity index (χ0n) is 6.26. The first-order valence-electron chi connectivity index (χ1n) is 3.11. The van der Waals surface area contributed by atoms with Gasteiger partial charge in [0, 0.05) is 0 Å². The van der Waals surface area contributed by atoms with E-state index in [4.69, 9.17) is 5.11 Å². The number of aliphatic carboxylic acids is 1. The second kappa shape index (κ2) is 8.87. The molecule has 0 aliphatic rings. The van der Waals surface area contributed by atoms with Crippen LogP contribution in [0.2, 0.25) is 0 Å². The summed E-state index contributed by atoms with van der Waals surface area (Å²) in [5, 5.41) is 11.3. The van der Waals surface area contributed by atoms with Gasteiger partial charge in [-0.25, -0.2) is 0 Å². The van der Waals surface area contributed by atoms with Crippen molar-refractivity contribution in [2.75, 3.05) is 19.1 Å². The van der Waals surface area contributed by atoms with E-state index >= 15 is 0 Å². The fourth-order valence-corrected chi connectivity index (χ4v) is 1.10. The standard InChI is InChI=1S/C6H13NO2S.Na.H/c1-7-5(6(8)9)3-4-10-2;;/h5,7H,3-4H2,1-2H3,(H,8,9);;. The van der Waals surface area contributed by atoms with Gasteiger partial charge in [0.15, 0.2) is 0 Å². The van der Waals surface area contributed by atoms with Crippen LogP contribution in [0.15, 0.2) is 0 Å². The maximum atomic E-state index is 10.4. The molecule has 0 spiro atoms. The average molecular weight is 187 g/mol. The molecule has 0 rings (SSSR count). The molecule has 3 nitrogen and oxygen atoms in total. The first kappa shape index (κ1) is 14.3. The van der Waals surface area contributed by atoms with Gasteiger partial charge in [0.1, 0.15) is 6.04 Å². The summed E-state index contributed by atoms with van der Waals surface area (Å²) in [7, 11) is 1.67. The van der Waals surface area contributed by atoms with E-state index in [9.17, 15) is 4.79 Å². The van der Waals surface area contributed by atoms with Gasteiger partial charge < -0.3 is 10.4 Å². The molecule has 2 N–H and O–H groups in total. The molecule has 0 radical (unpaired) electrons. The minimum atomic E-state index is -0.767. The molecule has 0 aliphatic heterocycles. The minimum absolute atomic E-state index is 0. The molecule has 0 aromatic carbocycles. The molecule has 0 aromatic rings. The maximum absolute atomic E-state index is 10.4. The van der Waals surface area contributed by atoms with Crippen molar-refractivity contribution < 1.29 is 9.90 Å². The van der Waals surface area contributed by atoms with Gasteiger partial charge in [-0.05, 0) is 25.5 Å². The number of carbonyl (C=O) groups is 1. The number of thioether (sulfide) groups is 1. The molecule has 11 heavy (non-hydrogen) atoms. The van der Waals surface area contributed by atoms with Crippen LogP contribution < -0.4 is 5.32 Å². The van der Waals surface area contributed by atoms with Gasteiger partial charge in [0.25, 0.3) is 0 Å². The van der Waals surface area contributed by atoms with Crippen LogP contribution in [-0.2, 0) is 4.79 Å². The van der Waals surface area contributed by atoms with E-state index in [0.29, 0.717) is 6.42 Å². The normalized spacial score (nSPS) is 11.8. The van der Waals surface area contributed by atoms with Crippen molar-refractivity contribution in [3.8, 4) is 0 Å². The van der Waals surface area contributed by atoms with Gasteiger partial charge in [0.05, 0.1) is 0 Å². The molecule has 0 aliphatic carbocycles. The molecule has 62 valence electrons. The summed E-state index contributed by atoms with van der Waals surface area (Å²) in [6, 6.07) is -0.382. The third-order valence-electron chi connectivity index (χ3n) is 1.26. The van der Waals surface area contributed by atoms with E-state index in [0.717, 1.165) is 5.75 Å². The van der Waals surface area contributed by atoms with Crippen molar-refractivity contribution in [2.24, 2.45) is 0 Å². The monoisotopic (exact) mass is 187 g/mol. The topological polar surface area (TPSA) is 49.3 Å². The van der Waals surface area contributed by atoms with Gasteiger partial charge in [-0.2, -0.15) is 11.8 Å². The third-order valence-corrected chi connectivity index (χ3v) is 1.90. The van der Waals surface area contributed by atoms with Gasteiger partial charge in [-0.3, -0.25) is 4.79 Å². The van der Waals surface area contributed by atoms with E-state index in [1.165, 1.54) is 0 Å². The Balaban J connectivity index is 0. The number of carboxylic acid groups (broad SMARTS) is 1. The van der Waals surface area contributed by atoms with Crippen LogP contribution in [0.3, 0.4) is 0 Å². The molecular formula is C6H14NNaO2S. The van der Waals surface area contributed by atoms with Crippen molar-refractivity contribution in [1.82, 2.24) is 5.32 Å². The Kier molecular flexibility index (Phi) is 11.5. The molecule has 5 heteroatoms. The molecule has 0 aromatic heterocycles. The Bertz CT molecular complexity index is 113. The zero-order chi connectivity index (χ0) is 7.98. The van der Waals surface area contributed by atoms with Gasteiger partial charge >= 0.3 is 35.5 Å². The predicted molar refractivity (Wildman–Crippen MR) is 50.6 cm³/mol. The summed E-state index contributed by atoms with van der Waals surface area (Å²) in [4.78, 5) is 10.4. The van der Waals surface area contributed by atoms with Crippen LogP contribution in [0, 0.1) is 0 Å². The molecule has 0 fully saturated rings. The van der Waals surface area contributed by atoms with Gasteiger partial charge in [-0.1, -0.05) is 0 Å². The Hall–Kier alpha value is 0.780. The van der Waals surface area contributed by atoms with Crippen molar-refractivity contribution in [1.29, 1.82) is 0 Å². The van der Waals surface area contributed by atoms with Crippen LogP contribution in [-0.4, -0.2) is 65.7 Å². The molecule has 0 saturated carbocycles. The number of rotatable bonds is 5. The second-order valence-corrected chi connectivity index (χ2v) is 2.95. The number of hydrogen-bond acceptors (Lipinski definition) is 3. The van der Waals surface area contributed by atoms with Gasteiger partial charge in [-0.15, -0.1) is 0 Å². The van der Waals surface area contributed by atoms with E-state index in [1.54, 1.807) is 18.8 Å². The summed E-state index contributed by atoms with van der Waals surface area (Å²) in [5.74, 6) is 0.120. The summed E-state index contributed by atoms with van der Waals surface area (Å²) in [5.41, 5.74) is 0. The molecule has 0 saturated heterocycles. The van der Waals surface area contributed by atoms with E-state index in [1.807, 2.05) is 6.26 Å². The predicted octanol–water partition coefficient (Wildman–Crippen LogP) is -0.236. The number of nitrogens with one attached hydrogen (secondary N) is 1. The average Bonchev–Trinajstić information content (AvgIpc) is 1.89. The molecule has 0 amide bonds. The van der Waals surface area contributed by atoms with Crippen LogP contribution in [0.4, 0.5) is 0 Å². The van der Waals surface area contributed by atoms with Crippen LogP contribution in [0.5, 0.6) is 0 Å². The fraction of sp³-hybridized carbons (Fsp3) is 0.833. The van der Waals surface area contributed by atoms with Crippen molar-refractivity contribution in [2.45, 2.75) is 12.5 Å². The number of carboxylic acids is 1. The van der Waals surface area contributed by atoms with E-state index in [2.05, 4.69) is 5.32 Å². The second-order valence-electron chi connectivity index (χ2n) is 1.96. The van der Waals surface area contributed by atoms with Gasteiger partial charge in [0.2, 0.25) is 0 Å². The molecule has 1 atom stereocenters. The Morgan fingerprint density at radius 1 is 1.73 bits per heavy atom. The zero-order valence-corrected chi connectivity index (χ0v) is 7.07. The van der Waals surface area contributed by atoms with Crippen molar-refractivity contribution in [3.63, 3.8) is 0 Å². The van der Waals surface area contributed by atoms with Crippen LogP contribution >= 0.6 is 11.8 Å². The van der Waals surface area contributed by atoms with Crippen LogP contribution in [0.25, 0.3) is 0 Å². The van der Waals surface area contributed by atoms with E-state index in [-0.39, 0.29) is 35.6 Å². The fourth-order valence-electron chi connectivity index (χ4n) is 0.627. The quantitative estimate of drug-likeness (QED) is 0.583. The number of likely N-dealkylation sites (N-methyl/N-ethyl adjacent to an activating group) is 1. The summed E-state index contributed by atoms with van der Waals surface area (Å²) in [6.45, 7) is 0. The molecular weight excluding hydrogens is 173 g/mol. The molecule has 0 bridgehead atoms. The van der Waals surface area contributed by atoms with Crippen LogP contribution in [0.1, 0.15) is 6.42 Å². The third kappa shape index (κ3) is 7.15. The van der Waals surface area contributed by atoms with Crippen molar-refractivity contribution in [3.05, 3.63) is 0 Å². The first-order valence-corrected chi connectivity index (χ1v) is 4.50. The summed E-state index contributed by atoms with van der Waals surface area (Å²) < 4.78 is 0.